The van der Waals surface area contributed by atoms with Crippen LogP contribution in [-0.4, -0.2) is 57.7 Å². The van der Waals surface area contributed by atoms with E-state index in [1.807, 2.05) is 6.92 Å². The number of aliphatic imine (C=N–C) groups is 1. The standard InChI is InChI=1S/C18H37N3O3S/c1-5-7-8-9-10-16(3)21-17(19-6-2)20-15-18(25(4,22)23)11-13-24-14-12-18/h16H,5-15H2,1-4H3,(H2,19,20,21). The molecule has 0 aliphatic carbocycles. The van der Waals surface area contributed by atoms with E-state index in [1.165, 1.54) is 31.9 Å². The molecule has 1 aliphatic heterocycles. The van der Waals surface area contributed by atoms with Crippen LogP contribution in [0.1, 0.15) is 65.7 Å². The molecule has 0 spiro atoms. The minimum Gasteiger partial charge on any atom is -0.381 e. The highest BCUT2D eigenvalue weighted by atomic mass is 32.2. The van der Waals surface area contributed by atoms with E-state index in [-0.39, 0.29) is 6.54 Å². The Balaban J connectivity index is 2.69. The third-order valence-electron chi connectivity index (χ3n) is 4.93. The number of nitrogens with zero attached hydrogens (tertiary/aromatic N) is 1. The monoisotopic (exact) mass is 375 g/mol. The molecule has 0 amide bonds. The Morgan fingerprint density at radius 3 is 2.44 bits per heavy atom. The van der Waals surface area contributed by atoms with Crippen LogP contribution in [0.2, 0.25) is 0 Å². The van der Waals surface area contributed by atoms with Crippen molar-refractivity contribution in [3.63, 3.8) is 0 Å². The van der Waals surface area contributed by atoms with Gasteiger partial charge in [0.2, 0.25) is 0 Å². The van der Waals surface area contributed by atoms with E-state index >= 15 is 0 Å². The van der Waals surface area contributed by atoms with E-state index in [0.717, 1.165) is 13.0 Å². The van der Waals surface area contributed by atoms with Crippen molar-refractivity contribution in [3.05, 3.63) is 0 Å². The van der Waals surface area contributed by atoms with Gasteiger partial charge in [0, 0.05) is 32.1 Å². The van der Waals surface area contributed by atoms with Crippen LogP contribution >= 0.6 is 0 Å². The zero-order valence-corrected chi connectivity index (χ0v) is 17.3. The number of nitrogens with one attached hydrogen (secondary N) is 2. The molecule has 1 heterocycles. The normalized spacial score (nSPS) is 19.4. The number of ether oxygens (including phenoxy) is 1. The maximum absolute atomic E-state index is 12.3. The molecule has 0 aromatic carbocycles. The SMILES string of the molecule is CCCCCCC(C)NC(=NCC1(S(C)(=O)=O)CCOCC1)NCC. The van der Waals surface area contributed by atoms with Crippen molar-refractivity contribution >= 4 is 15.8 Å². The van der Waals surface area contributed by atoms with Crippen LogP contribution in [0.3, 0.4) is 0 Å². The van der Waals surface area contributed by atoms with Crippen molar-refractivity contribution in [1.82, 2.24) is 10.6 Å². The molecule has 0 aromatic rings. The molecule has 6 nitrogen and oxygen atoms in total. The van der Waals surface area contributed by atoms with Gasteiger partial charge in [0.1, 0.15) is 0 Å². The van der Waals surface area contributed by atoms with Gasteiger partial charge < -0.3 is 15.4 Å². The molecule has 7 heteroatoms. The molecule has 1 rings (SSSR count). The van der Waals surface area contributed by atoms with E-state index in [0.29, 0.717) is 38.1 Å². The fourth-order valence-corrected chi connectivity index (χ4v) is 4.32. The Bertz CT molecular complexity index is 500. The Morgan fingerprint density at radius 1 is 1.20 bits per heavy atom. The van der Waals surface area contributed by atoms with Gasteiger partial charge in [-0.15, -0.1) is 0 Å². The van der Waals surface area contributed by atoms with Crippen LogP contribution in [-0.2, 0) is 14.6 Å². The second-order valence-electron chi connectivity index (χ2n) is 7.16. The predicted octanol–water partition coefficient (Wildman–Crippen LogP) is 2.49. The number of unbranched alkanes of at least 4 members (excludes halogenated alkanes) is 3. The third kappa shape index (κ3) is 7.52. The molecule has 1 saturated heterocycles. The lowest BCUT2D eigenvalue weighted by Gasteiger charge is -2.34. The molecule has 1 aliphatic rings. The van der Waals surface area contributed by atoms with Crippen LogP contribution < -0.4 is 10.6 Å². The van der Waals surface area contributed by atoms with E-state index in [4.69, 9.17) is 4.74 Å². The molecular formula is C18H37N3O3S. The molecule has 148 valence electrons. The average Bonchev–Trinajstić information content (AvgIpc) is 2.57. The highest BCUT2D eigenvalue weighted by Gasteiger charge is 2.42. The molecule has 0 bridgehead atoms. The summed E-state index contributed by atoms with van der Waals surface area (Å²) in [6.07, 6.45) is 8.42. The fourth-order valence-electron chi connectivity index (χ4n) is 3.12. The molecule has 0 saturated carbocycles. The van der Waals surface area contributed by atoms with Crippen LogP contribution in [0.5, 0.6) is 0 Å². The van der Waals surface area contributed by atoms with Crippen molar-refractivity contribution in [2.24, 2.45) is 4.99 Å². The average molecular weight is 376 g/mol. The van der Waals surface area contributed by atoms with E-state index < -0.39 is 14.6 Å². The van der Waals surface area contributed by atoms with E-state index in [1.54, 1.807) is 0 Å². The Labute approximate surface area is 154 Å². The molecule has 1 fully saturated rings. The highest BCUT2D eigenvalue weighted by molar-refractivity contribution is 7.92. The zero-order chi connectivity index (χ0) is 18.8. The lowest BCUT2D eigenvalue weighted by molar-refractivity contribution is 0.0768. The topological polar surface area (TPSA) is 79.8 Å². The first-order valence-electron chi connectivity index (χ1n) is 9.67. The van der Waals surface area contributed by atoms with E-state index in [2.05, 4.69) is 29.5 Å². The van der Waals surface area contributed by atoms with Gasteiger partial charge in [-0.3, -0.25) is 4.99 Å². The molecule has 1 unspecified atom stereocenters. The van der Waals surface area contributed by atoms with Gasteiger partial charge in [-0.2, -0.15) is 0 Å². The second-order valence-corrected chi connectivity index (χ2v) is 9.57. The lowest BCUT2D eigenvalue weighted by Crippen LogP contribution is -2.48. The minimum absolute atomic E-state index is 0.285. The summed E-state index contributed by atoms with van der Waals surface area (Å²) < 4.78 is 29.2. The quantitative estimate of drug-likeness (QED) is 0.348. The van der Waals surface area contributed by atoms with Gasteiger partial charge in [0.15, 0.2) is 15.8 Å². The lowest BCUT2D eigenvalue weighted by atomic mass is 9.99. The number of sulfone groups is 1. The number of rotatable bonds is 10. The van der Waals surface area contributed by atoms with Crippen molar-refractivity contribution in [2.45, 2.75) is 76.5 Å². The van der Waals surface area contributed by atoms with Gasteiger partial charge in [0.05, 0.1) is 11.3 Å². The summed E-state index contributed by atoms with van der Waals surface area (Å²) in [7, 11) is -3.19. The van der Waals surface area contributed by atoms with Crippen LogP contribution in [0.25, 0.3) is 0 Å². The summed E-state index contributed by atoms with van der Waals surface area (Å²) in [5, 5.41) is 6.65. The van der Waals surface area contributed by atoms with Crippen molar-refractivity contribution in [3.8, 4) is 0 Å². The zero-order valence-electron chi connectivity index (χ0n) is 16.4. The van der Waals surface area contributed by atoms with Crippen LogP contribution in [0, 0.1) is 0 Å². The van der Waals surface area contributed by atoms with Gasteiger partial charge in [-0.25, -0.2) is 8.42 Å². The molecule has 0 aromatic heterocycles. The van der Waals surface area contributed by atoms with Gasteiger partial charge in [-0.1, -0.05) is 32.6 Å². The minimum atomic E-state index is -3.19. The van der Waals surface area contributed by atoms with E-state index in [9.17, 15) is 8.42 Å². The Hall–Kier alpha value is -0.820. The number of hydrogen-bond donors (Lipinski definition) is 2. The molecule has 0 radical (unpaired) electrons. The van der Waals surface area contributed by atoms with Crippen molar-refractivity contribution in [1.29, 1.82) is 0 Å². The molecule has 1 atom stereocenters. The third-order valence-corrected chi connectivity index (χ3v) is 7.04. The predicted molar refractivity (Wildman–Crippen MR) is 105 cm³/mol. The maximum atomic E-state index is 12.3. The number of guanidine groups is 1. The summed E-state index contributed by atoms with van der Waals surface area (Å²) in [5.41, 5.74) is 0. The van der Waals surface area contributed by atoms with Crippen molar-refractivity contribution < 1.29 is 13.2 Å². The molecular weight excluding hydrogens is 338 g/mol. The summed E-state index contributed by atoms with van der Waals surface area (Å²) in [6, 6.07) is 0.318. The van der Waals surface area contributed by atoms with Crippen molar-refractivity contribution in [2.75, 3.05) is 32.6 Å². The first kappa shape index (κ1) is 22.2. The Kier molecular flexibility index (Phi) is 9.79. The largest absolute Gasteiger partial charge is 0.381 e. The smallest absolute Gasteiger partial charge is 0.191 e. The molecule has 25 heavy (non-hydrogen) atoms. The summed E-state index contributed by atoms with van der Waals surface area (Å²) in [4.78, 5) is 4.62. The van der Waals surface area contributed by atoms with Gasteiger partial charge in [0.25, 0.3) is 0 Å². The summed E-state index contributed by atoms with van der Waals surface area (Å²) in [6.45, 7) is 8.40. The van der Waals surface area contributed by atoms with Gasteiger partial charge >= 0.3 is 0 Å². The number of hydrogen-bond acceptors (Lipinski definition) is 4. The second kappa shape index (κ2) is 11.0. The van der Waals surface area contributed by atoms with Crippen LogP contribution in [0.15, 0.2) is 4.99 Å². The summed E-state index contributed by atoms with van der Waals surface area (Å²) >= 11 is 0. The maximum Gasteiger partial charge on any atom is 0.191 e. The first-order valence-corrected chi connectivity index (χ1v) is 11.6. The highest BCUT2D eigenvalue weighted by Crippen LogP contribution is 2.29. The fraction of sp³-hybridized carbons (Fsp3) is 0.944. The Morgan fingerprint density at radius 2 is 1.88 bits per heavy atom. The van der Waals surface area contributed by atoms with Gasteiger partial charge in [-0.05, 0) is 33.1 Å². The molecule has 2 N–H and O–H groups in total. The first-order chi connectivity index (χ1) is 11.8. The summed E-state index contributed by atoms with van der Waals surface area (Å²) in [5.74, 6) is 0.708. The van der Waals surface area contributed by atoms with Crippen LogP contribution in [0.4, 0.5) is 0 Å².